The average Bonchev–Trinajstić information content (AvgIpc) is 3.25. The average molecular weight is 369 g/mol. The maximum Gasteiger partial charge on any atom is 0.238 e. The molecule has 0 unspecified atom stereocenters. The van der Waals surface area contributed by atoms with Gasteiger partial charge in [-0.05, 0) is 77.6 Å². The van der Waals surface area contributed by atoms with E-state index < -0.39 is 10.0 Å². The van der Waals surface area contributed by atoms with Gasteiger partial charge in [-0.25, -0.2) is 13.6 Å². The van der Waals surface area contributed by atoms with Gasteiger partial charge in [0.1, 0.15) is 0 Å². The van der Waals surface area contributed by atoms with E-state index in [0.717, 1.165) is 18.4 Å². The van der Waals surface area contributed by atoms with Crippen LogP contribution in [-0.4, -0.2) is 22.5 Å². The molecule has 2 N–H and O–H groups in total. The number of hydrogen-bond donors (Lipinski definition) is 1. The van der Waals surface area contributed by atoms with Crippen molar-refractivity contribution in [1.82, 2.24) is 0 Å². The van der Waals surface area contributed by atoms with Gasteiger partial charge in [0.15, 0.2) is 0 Å². The lowest BCUT2D eigenvalue weighted by Crippen LogP contribution is -2.11. The third kappa shape index (κ3) is 3.17. The lowest BCUT2D eigenvalue weighted by Gasteiger charge is -2.14. The fourth-order valence-electron chi connectivity index (χ4n) is 3.92. The Labute approximate surface area is 155 Å². The van der Waals surface area contributed by atoms with E-state index in [4.69, 9.17) is 5.14 Å². The van der Waals surface area contributed by atoms with Crippen molar-refractivity contribution in [3.63, 3.8) is 0 Å². The summed E-state index contributed by atoms with van der Waals surface area (Å²) >= 11 is 0. The van der Waals surface area contributed by atoms with E-state index >= 15 is 0 Å². The SMILES string of the molecule is CN(C)c1ccc(C2=C(c3ccc(S(N)(=O)=O)cc3)CC3(CC3)C2)cc1. The first-order valence-electron chi connectivity index (χ1n) is 8.91. The van der Waals surface area contributed by atoms with Gasteiger partial charge in [-0.2, -0.15) is 0 Å². The van der Waals surface area contributed by atoms with E-state index in [2.05, 4.69) is 29.2 Å². The van der Waals surface area contributed by atoms with Crippen molar-refractivity contribution in [3.8, 4) is 0 Å². The van der Waals surface area contributed by atoms with Gasteiger partial charge in [0.2, 0.25) is 10.0 Å². The molecule has 0 radical (unpaired) electrons. The molecule has 1 spiro atoms. The molecule has 4 nitrogen and oxygen atoms in total. The molecule has 1 fully saturated rings. The Bertz CT molecular complexity index is 968. The summed E-state index contributed by atoms with van der Waals surface area (Å²) in [6, 6.07) is 15.7. The summed E-state index contributed by atoms with van der Waals surface area (Å²) in [6.07, 6.45) is 4.75. The number of sulfonamides is 1. The first kappa shape index (κ1) is 17.3. The number of anilines is 1. The Morgan fingerprint density at radius 1 is 0.846 bits per heavy atom. The first-order valence-corrected chi connectivity index (χ1v) is 10.5. The lowest BCUT2D eigenvalue weighted by molar-refractivity contribution is 0.568. The summed E-state index contributed by atoms with van der Waals surface area (Å²) < 4.78 is 23.0. The highest BCUT2D eigenvalue weighted by molar-refractivity contribution is 7.89. The van der Waals surface area contributed by atoms with Gasteiger partial charge in [0.25, 0.3) is 0 Å². The number of nitrogens with two attached hydrogens (primary N) is 1. The summed E-state index contributed by atoms with van der Waals surface area (Å²) in [5, 5.41) is 5.23. The molecule has 0 aliphatic heterocycles. The molecule has 136 valence electrons. The molecule has 0 bridgehead atoms. The largest absolute Gasteiger partial charge is 0.378 e. The van der Waals surface area contributed by atoms with Crippen molar-refractivity contribution in [2.24, 2.45) is 10.6 Å². The predicted octanol–water partition coefficient (Wildman–Crippen LogP) is 3.88. The zero-order valence-corrected chi connectivity index (χ0v) is 16.0. The van der Waals surface area contributed by atoms with Crippen LogP contribution in [-0.2, 0) is 10.0 Å². The molecule has 0 saturated heterocycles. The third-order valence-electron chi connectivity index (χ3n) is 5.69. The number of benzene rings is 2. The molecule has 5 heteroatoms. The summed E-state index contributed by atoms with van der Waals surface area (Å²) in [7, 11) is 0.433. The van der Waals surface area contributed by atoms with Crippen LogP contribution in [0.15, 0.2) is 53.4 Å². The zero-order chi connectivity index (χ0) is 18.5. The van der Waals surface area contributed by atoms with Gasteiger partial charge in [-0.15, -0.1) is 0 Å². The van der Waals surface area contributed by atoms with Crippen molar-refractivity contribution in [2.75, 3.05) is 19.0 Å². The summed E-state index contributed by atoms with van der Waals surface area (Å²) in [5.74, 6) is 0. The van der Waals surface area contributed by atoms with Crippen LogP contribution in [0.3, 0.4) is 0 Å². The highest BCUT2D eigenvalue weighted by atomic mass is 32.2. The third-order valence-corrected chi connectivity index (χ3v) is 6.62. The van der Waals surface area contributed by atoms with E-state index in [-0.39, 0.29) is 4.90 Å². The maximum absolute atomic E-state index is 11.5. The number of rotatable bonds is 4. The van der Waals surface area contributed by atoms with Crippen molar-refractivity contribution in [2.45, 2.75) is 30.6 Å². The van der Waals surface area contributed by atoms with Gasteiger partial charge in [-0.1, -0.05) is 24.3 Å². The molecule has 0 aromatic heterocycles. The first-order chi connectivity index (χ1) is 12.3. The summed E-state index contributed by atoms with van der Waals surface area (Å²) in [6.45, 7) is 0. The van der Waals surface area contributed by atoms with Crippen LogP contribution in [0, 0.1) is 5.41 Å². The number of primary sulfonamides is 1. The molecule has 1 saturated carbocycles. The fourth-order valence-corrected chi connectivity index (χ4v) is 4.43. The second-order valence-electron chi connectivity index (χ2n) is 7.82. The number of nitrogens with zero attached hydrogens (tertiary/aromatic N) is 1. The lowest BCUT2D eigenvalue weighted by atomic mass is 9.97. The van der Waals surface area contributed by atoms with Crippen LogP contribution in [0.1, 0.15) is 36.8 Å². The van der Waals surface area contributed by atoms with E-state index in [0.29, 0.717) is 5.41 Å². The molecular weight excluding hydrogens is 344 g/mol. The highest BCUT2D eigenvalue weighted by Gasteiger charge is 2.48. The Hall–Kier alpha value is -2.11. The maximum atomic E-state index is 11.5. The smallest absolute Gasteiger partial charge is 0.238 e. The minimum Gasteiger partial charge on any atom is -0.378 e. The molecule has 2 aliphatic rings. The quantitative estimate of drug-likeness (QED) is 0.891. The highest BCUT2D eigenvalue weighted by Crippen LogP contribution is 2.63. The Balaban J connectivity index is 1.74. The van der Waals surface area contributed by atoms with Crippen molar-refractivity contribution in [3.05, 3.63) is 59.7 Å². The Morgan fingerprint density at radius 3 is 1.69 bits per heavy atom. The van der Waals surface area contributed by atoms with E-state index in [1.807, 2.05) is 26.2 Å². The standard InChI is InChI=1S/C21H24N2O2S/c1-23(2)17-7-3-15(4-8-17)19-13-21(11-12-21)14-20(19)16-5-9-18(10-6-16)26(22,24)25/h3-10H,11-14H2,1-2H3,(H2,22,24,25). The predicted molar refractivity (Wildman–Crippen MR) is 106 cm³/mol. The van der Waals surface area contributed by atoms with Crippen LogP contribution >= 0.6 is 0 Å². The molecule has 2 aliphatic carbocycles. The van der Waals surface area contributed by atoms with E-state index in [1.165, 1.54) is 35.2 Å². The van der Waals surface area contributed by atoms with Gasteiger partial charge in [0.05, 0.1) is 4.90 Å². The van der Waals surface area contributed by atoms with Crippen LogP contribution in [0.5, 0.6) is 0 Å². The number of hydrogen-bond acceptors (Lipinski definition) is 3. The Morgan fingerprint density at radius 2 is 1.31 bits per heavy atom. The van der Waals surface area contributed by atoms with Crippen molar-refractivity contribution < 1.29 is 8.42 Å². The van der Waals surface area contributed by atoms with Crippen LogP contribution in [0.2, 0.25) is 0 Å². The second-order valence-corrected chi connectivity index (χ2v) is 9.38. The van der Waals surface area contributed by atoms with Crippen LogP contribution in [0.25, 0.3) is 11.1 Å². The molecule has 2 aromatic carbocycles. The molecule has 4 rings (SSSR count). The van der Waals surface area contributed by atoms with Gasteiger partial charge in [-0.3, -0.25) is 0 Å². The van der Waals surface area contributed by atoms with Crippen molar-refractivity contribution in [1.29, 1.82) is 0 Å². The molecule has 0 heterocycles. The minimum absolute atomic E-state index is 0.165. The van der Waals surface area contributed by atoms with E-state index in [9.17, 15) is 8.42 Å². The monoisotopic (exact) mass is 368 g/mol. The normalized spacial score (nSPS) is 18.4. The molecule has 0 amide bonds. The van der Waals surface area contributed by atoms with Crippen LogP contribution in [0.4, 0.5) is 5.69 Å². The number of allylic oxidation sites excluding steroid dienone is 2. The fraction of sp³-hybridized carbons (Fsp3) is 0.333. The second kappa shape index (κ2) is 5.96. The molecular formula is C21H24N2O2S. The topological polar surface area (TPSA) is 63.4 Å². The van der Waals surface area contributed by atoms with E-state index in [1.54, 1.807) is 12.1 Å². The summed E-state index contributed by atoms with van der Waals surface area (Å²) in [5.41, 5.74) is 6.74. The molecule has 0 atom stereocenters. The van der Waals surface area contributed by atoms with Crippen LogP contribution < -0.4 is 10.0 Å². The van der Waals surface area contributed by atoms with Crippen molar-refractivity contribution >= 4 is 26.9 Å². The minimum atomic E-state index is -3.65. The zero-order valence-electron chi connectivity index (χ0n) is 15.2. The van der Waals surface area contributed by atoms with Gasteiger partial charge < -0.3 is 4.90 Å². The molecule has 2 aromatic rings. The summed E-state index contributed by atoms with van der Waals surface area (Å²) in [4.78, 5) is 2.26. The Kier molecular flexibility index (Phi) is 3.97. The molecule has 26 heavy (non-hydrogen) atoms. The van der Waals surface area contributed by atoms with Gasteiger partial charge in [0, 0.05) is 19.8 Å². The van der Waals surface area contributed by atoms with Gasteiger partial charge >= 0.3 is 0 Å².